The smallest absolute Gasteiger partial charge is 0.353 e. The van der Waals surface area contributed by atoms with Gasteiger partial charge in [0.05, 0.1) is 6.61 Å². The molecule has 1 aromatic heterocycles. The third-order valence-corrected chi connectivity index (χ3v) is 4.07. The topological polar surface area (TPSA) is 79.7 Å². The second-order valence-electron chi connectivity index (χ2n) is 4.68. The van der Waals surface area contributed by atoms with Crippen LogP contribution in [0.25, 0.3) is 0 Å². The molecular weight excluding hydrogens is 308 g/mol. The van der Waals surface area contributed by atoms with Crippen molar-refractivity contribution in [3.63, 3.8) is 0 Å². The third kappa shape index (κ3) is 4.48. The van der Waals surface area contributed by atoms with Gasteiger partial charge in [-0.2, -0.15) is 4.98 Å². The molecule has 1 saturated heterocycles. The normalized spacial score (nSPS) is 20.8. The lowest BCUT2D eigenvalue weighted by atomic mass is 10.3. The molecule has 2 atom stereocenters. The van der Waals surface area contributed by atoms with Crippen LogP contribution in [0, 0.1) is 0 Å². The molecule has 0 bridgehead atoms. The standard InChI is InChI=1S/C14H20N2O5S/c1-3-5-12(17)20-8-13-21-11(9-22-13)16-7-6-10(19-4-2)15-14(16)18/h6-7,11,13H,3-5,8-9H2,1-2H3/t11-,13+/m0/s1. The molecule has 0 amide bonds. The van der Waals surface area contributed by atoms with E-state index in [0.717, 1.165) is 6.42 Å². The maximum Gasteiger partial charge on any atom is 0.353 e. The van der Waals surface area contributed by atoms with Gasteiger partial charge in [0, 0.05) is 24.4 Å². The van der Waals surface area contributed by atoms with Crippen LogP contribution in [0.1, 0.15) is 32.9 Å². The van der Waals surface area contributed by atoms with Crippen LogP contribution in [0.4, 0.5) is 0 Å². The molecule has 122 valence electrons. The third-order valence-electron chi connectivity index (χ3n) is 2.97. The Balaban J connectivity index is 1.90. The first-order valence-corrected chi connectivity index (χ1v) is 8.33. The minimum absolute atomic E-state index is 0.194. The van der Waals surface area contributed by atoms with Crippen molar-refractivity contribution < 1.29 is 19.0 Å². The zero-order valence-corrected chi connectivity index (χ0v) is 13.5. The van der Waals surface area contributed by atoms with Crippen molar-refractivity contribution in [1.82, 2.24) is 9.55 Å². The summed E-state index contributed by atoms with van der Waals surface area (Å²) in [4.78, 5) is 27.1. The highest BCUT2D eigenvalue weighted by Crippen LogP contribution is 2.31. The number of esters is 1. The van der Waals surface area contributed by atoms with Gasteiger partial charge in [0.15, 0.2) is 0 Å². The number of carbonyl (C=O) groups excluding carboxylic acids is 1. The van der Waals surface area contributed by atoms with E-state index in [4.69, 9.17) is 14.2 Å². The molecular formula is C14H20N2O5S. The molecule has 0 saturated carbocycles. The highest BCUT2D eigenvalue weighted by atomic mass is 32.2. The first-order valence-electron chi connectivity index (χ1n) is 7.28. The maximum atomic E-state index is 12.0. The van der Waals surface area contributed by atoms with E-state index in [1.54, 1.807) is 12.3 Å². The Morgan fingerprint density at radius 3 is 3.05 bits per heavy atom. The lowest BCUT2D eigenvalue weighted by Gasteiger charge is -2.15. The number of thioether (sulfide) groups is 1. The molecule has 1 fully saturated rings. The van der Waals surface area contributed by atoms with E-state index in [1.807, 2.05) is 13.8 Å². The minimum atomic E-state index is -0.417. The van der Waals surface area contributed by atoms with Gasteiger partial charge in [-0.3, -0.25) is 9.36 Å². The van der Waals surface area contributed by atoms with Gasteiger partial charge >= 0.3 is 11.7 Å². The first-order chi connectivity index (χ1) is 10.6. The van der Waals surface area contributed by atoms with Gasteiger partial charge in [-0.05, 0) is 13.3 Å². The van der Waals surface area contributed by atoms with Gasteiger partial charge < -0.3 is 14.2 Å². The summed E-state index contributed by atoms with van der Waals surface area (Å²) in [6, 6.07) is 1.63. The van der Waals surface area contributed by atoms with E-state index in [-0.39, 0.29) is 18.0 Å². The Morgan fingerprint density at radius 2 is 2.36 bits per heavy atom. The summed E-state index contributed by atoms with van der Waals surface area (Å²) in [6.07, 6.45) is 2.36. The van der Waals surface area contributed by atoms with E-state index >= 15 is 0 Å². The highest BCUT2D eigenvalue weighted by molar-refractivity contribution is 8.00. The molecule has 22 heavy (non-hydrogen) atoms. The molecule has 0 unspecified atom stereocenters. The lowest BCUT2D eigenvalue weighted by Crippen LogP contribution is -2.28. The molecule has 0 spiro atoms. The van der Waals surface area contributed by atoms with Crippen LogP contribution in [-0.2, 0) is 14.3 Å². The van der Waals surface area contributed by atoms with Crippen LogP contribution < -0.4 is 10.4 Å². The van der Waals surface area contributed by atoms with Gasteiger partial charge in [-0.1, -0.05) is 6.92 Å². The van der Waals surface area contributed by atoms with Gasteiger partial charge in [-0.15, -0.1) is 11.8 Å². The van der Waals surface area contributed by atoms with E-state index < -0.39 is 11.9 Å². The van der Waals surface area contributed by atoms with Gasteiger partial charge in [0.25, 0.3) is 0 Å². The van der Waals surface area contributed by atoms with Gasteiger partial charge in [-0.25, -0.2) is 4.79 Å². The Hall–Kier alpha value is -1.54. The number of nitrogens with zero attached hydrogens (tertiary/aromatic N) is 2. The van der Waals surface area contributed by atoms with Crippen molar-refractivity contribution in [2.24, 2.45) is 0 Å². The number of hydrogen-bond donors (Lipinski definition) is 0. The summed E-state index contributed by atoms with van der Waals surface area (Å²) in [7, 11) is 0. The monoisotopic (exact) mass is 328 g/mol. The van der Waals surface area contributed by atoms with Crippen LogP contribution in [0.15, 0.2) is 17.1 Å². The van der Waals surface area contributed by atoms with E-state index in [9.17, 15) is 9.59 Å². The zero-order chi connectivity index (χ0) is 15.9. The molecule has 2 heterocycles. The molecule has 8 heteroatoms. The maximum absolute atomic E-state index is 12.0. The van der Waals surface area contributed by atoms with Crippen LogP contribution >= 0.6 is 11.8 Å². The Bertz CT molecular complexity index is 562. The predicted molar refractivity (Wildman–Crippen MR) is 81.9 cm³/mol. The molecule has 0 aliphatic carbocycles. The van der Waals surface area contributed by atoms with E-state index in [0.29, 0.717) is 24.7 Å². The average Bonchev–Trinajstić information content (AvgIpc) is 2.95. The largest absolute Gasteiger partial charge is 0.478 e. The molecule has 1 aliphatic heterocycles. The van der Waals surface area contributed by atoms with Crippen molar-refractivity contribution in [2.45, 2.75) is 38.4 Å². The molecule has 0 aromatic carbocycles. The number of hydrogen-bond acceptors (Lipinski definition) is 7. The van der Waals surface area contributed by atoms with Crippen LogP contribution in [0.5, 0.6) is 5.88 Å². The molecule has 1 aromatic rings. The van der Waals surface area contributed by atoms with Crippen LogP contribution in [0.2, 0.25) is 0 Å². The molecule has 0 N–H and O–H groups in total. The quantitative estimate of drug-likeness (QED) is 0.703. The number of aromatic nitrogens is 2. The van der Waals surface area contributed by atoms with E-state index in [2.05, 4.69) is 4.98 Å². The second kappa shape index (κ2) is 8.19. The van der Waals surface area contributed by atoms with Crippen molar-refractivity contribution in [3.05, 3.63) is 22.7 Å². The van der Waals surface area contributed by atoms with Crippen LogP contribution in [0.3, 0.4) is 0 Å². The van der Waals surface area contributed by atoms with Crippen molar-refractivity contribution in [1.29, 1.82) is 0 Å². The SMILES string of the molecule is CCCC(=O)OC[C@@H]1O[C@H](n2ccc(OCC)nc2=O)CS1. The van der Waals surface area contributed by atoms with E-state index in [1.165, 1.54) is 16.3 Å². The molecule has 0 radical (unpaired) electrons. The zero-order valence-electron chi connectivity index (χ0n) is 12.7. The summed E-state index contributed by atoms with van der Waals surface area (Å²) in [5, 5.41) is 0. The van der Waals surface area contributed by atoms with Gasteiger partial charge in [0.2, 0.25) is 5.88 Å². The Kier molecular flexibility index (Phi) is 6.26. The second-order valence-corrected chi connectivity index (χ2v) is 5.87. The first kappa shape index (κ1) is 16.8. The summed E-state index contributed by atoms with van der Waals surface area (Å²) >= 11 is 1.51. The summed E-state index contributed by atoms with van der Waals surface area (Å²) in [6.45, 7) is 4.40. The summed E-state index contributed by atoms with van der Waals surface area (Å²) < 4.78 is 17.5. The summed E-state index contributed by atoms with van der Waals surface area (Å²) in [5.41, 5.74) is -0.676. The Morgan fingerprint density at radius 1 is 1.55 bits per heavy atom. The lowest BCUT2D eigenvalue weighted by molar-refractivity contribution is -0.146. The number of ether oxygens (including phenoxy) is 3. The predicted octanol–water partition coefficient (Wildman–Crippen LogP) is 1.57. The summed E-state index contributed by atoms with van der Waals surface area (Å²) in [5.74, 6) is 0.681. The fraction of sp³-hybridized carbons (Fsp3) is 0.643. The number of carbonyl (C=O) groups is 1. The highest BCUT2D eigenvalue weighted by Gasteiger charge is 2.29. The molecule has 2 rings (SSSR count). The van der Waals surface area contributed by atoms with Crippen molar-refractivity contribution >= 4 is 17.7 Å². The van der Waals surface area contributed by atoms with Crippen molar-refractivity contribution in [3.8, 4) is 5.88 Å². The van der Waals surface area contributed by atoms with Crippen molar-refractivity contribution in [2.75, 3.05) is 19.0 Å². The minimum Gasteiger partial charge on any atom is -0.478 e. The average molecular weight is 328 g/mol. The Labute approximate surface area is 133 Å². The fourth-order valence-electron chi connectivity index (χ4n) is 1.96. The van der Waals surface area contributed by atoms with Gasteiger partial charge in [0.1, 0.15) is 18.3 Å². The van der Waals surface area contributed by atoms with Crippen LogP contribution in [-0.4, -0.2) is 39.9 Å². The molecule has 7 nitrogen and oxygen atoms in total. The fourth-order valence-corrected chi connectivity index (χ4v) is 2.95. The molecule has 1 aliphatic rings. The number of rotatable bonds is 7.